The van der Waals surface area contributed by atoms with Gasteiger partial charge in [-0.3, -0.25) is 4.79 Å². The third kappa shape index (κ3) is 6.28. The molecule has 0 rings (SSSR count). The average molecular weight is 199 g/mol. The molecule has 6 heteroatoms. The molecule has 0 radical (unpaired) electrons. The monoisotopic (exact) mass is 199 g/mol. The number of carbonyl (C=O) groups is 1. The van der Waals surface area contributed by atoms with Crippen LogP contribution in [0.3, 0.4) is 0 Å². The van der Waals surface area contributed by atoms with Crippen LogP contribution in [0.2, 0.25) is 0 Å². The van der Waals surface area contributed by atoms with E-state index in [-0.39, 0.29) is 11.9 Å². The number of azide groups is 1. The van der Waals surface area contributed by atoms with Gasteiger partial charge in [0, 0.05) is 18.0 Å². The first-order chi connectivity index (χ1) is 6.57. The molecule has 0 spiro atoms. The molecule has 0 bridgehead atoms. The highest BCUT2D eigenvalue weighted by atomic mass is 16.1. The number of primary amides is 1. The van der Waals surface area contributed by atoms with Gasteiger partial charge in [-0.1, -0.05) is 19.0 Å². The second-order valence-corrected chi connectivity index (χ2v) is 3.49. The van der Waals surface area contributed by atoms with E-state index in [0.29, 0.717) is 25.4 Å². The van der Waals surface area contributed by atoms with Crippen molar-refractivity contribution in [2.75, 3.05) is 13.1 Å². The minimum absolute atomic E-state index is 0.330. The summed E-state index contributed by atoms with van der Waals surface area (Å²) >= 11 is 0. The lowest BCUT2D eigenvalue weighted by atomic mass is 10.0. The summed E-state index contributed by atoms with van der Waals surface area (Å²) in [6, 6.07) is -0.330. The highest BCUT2D eigenvalue weighted by Gasteiger charge is 2.15. The first-order valence-corrected chi connectivity index (χ1v) is 4.61. The number of amides is 1. The third-order valence-electron chi connectivity index (χ3n) is 1.72. The molecule has 0 aliphatic carbocycles. The Morgan fingerprint density at radius 2 is 2.29 bits per heavy atom. The average Bonchev–Trinajstić information content (AvgIpc) is 2.09. The first kappa shape index (κ1) is 12.7. The molecule has 3 N–H and O–H groups in total. The summed E-state index contributed by atoms with van der Waals surface area (Å²) in [5.74, 6) is 0.0408. The topological polar surface area (TPSA) is 104 Å². The Hall–Kier alpha value is -1.26. The van der Waals surface area contributed by atoms with Crippen LogP contribution in [-0.4, -0.2) is 25.0 Å². The SMILES string of the molecule is CC(C)CC(NCCN=[N+]=[N-])C(N)=O. The van der Waals surface area contributed by atoms with Crippen LogP contribution in [0.4, 0.5) is 0 Å². The Balaban J connectivity index is 3.85. The quantitative estimate of drug-likeness (QED) is 0.274. The van der Waals surface area contributed by atoms with Gasteiger partial charge in [-0.25, -0.2) is 0 Å². The van der Waals surface area contributed by atoms with Crippen molar-refractivity contribution in [1.82, 2.24) is 5.32 Å². The summed E-state index contributed by atoms with van der Waals surface area (Å²) in [4.78, 5) is 13.6. The summed E-state index contributed by atoms with van der Waals surface area (Å²) in [5.41, 5.74) is 13.2. The molecule has 1 amide bonds. The van der Waals surface area contributed by atoms with E-state index in [1.807, 2.05) is 13.8 Å². The molecule has 0 aliphatic heterocycles. The van der Waals surface area contributed by atoms with Crippen molar-refractivity contribution in [3.05, 3.63) is 10.4 Å². The minimum atomic E-state index is -0.361. The highest BCUT2D eigenvalue weighted by Crippen LogP contribution is 2.03. The Kier molecular flexibility index (Phi) is 6.53. The van der Waals surface area contributed by atoms with Crippen LogP contribution >= 0.6 is 0 Å². The van der Waals surface area contributed by atoms with Crippen LogP contribution < -0.4 is 11.1 Å². The molecule has 0 saturated carbocycles. The lowest BCUT2D eigenvalue weighted by molar-refractivity contribution is -0.120. The number of hydrogen-bond acceptors (Lipinski definition) is 3. The van der Waals surface area contributed by atoms with E-state index < -0.39 is 0 Å². The van der Waals surface area contributed by atoms with Crippen molar-refractivity contribution in [2.24, 2.45) is 16.8 Å². The summed E-state index contributed by atoms with van der Waals surface area (Å²) in [5, 5.41) is 6.29. The number of nitrogens with one attached hydrogen (secondary N) is 1. The lowest BCUT2D eigenvalue weighted by Gasteiger charge is -2.16. The molecular weight excluding hydrogens is 182 g/mol. The molecule has 6 nitrogen and oxygen atoms in total. The number of hydrogen-bond donors (Lipinski definition) is 2. The van der Waals surface area contributed by atoms with Gasteiger partial charge < -0.3 is 11.1 Å². The van der Waals surface area contributed by atoms with E-state index >= 15 is 0 Å². The van der Waals surface area contributed by atoms with Crippen LogP contribution in [0.25, 0.3) is 10.4 Å². The van der Waals surface area contributed by atoms with Gasteiger partial charge in [0.05, 0.1) is 6.04 Å². The maximum atomic E-state index is 11.0. The second kappa shape index (κ2) is 7.17. The molecule has 1 unspecified atom stereocenters. The zero-order chi connectivity index (χ0) is 11.0. The fourth-order valence-electron chi connectivity index (χ4n) is 1.10. The van der Waals surface area contributed by atoms with Crippen molar-refractivity contribution in [1.29, 1.82) is 0 Å². The Morgan fingerprint density at radius 3 is 2.71 bits per heavy atom. The van der Waals surface area contributed by atoms with Gasteiger partial charge in [0.2, 0.25) is 5.91 Å². The smallest absolute Gasteiger partial charge is 0.234 e. The van der Waals surface area contributed by atoms with Crippen molar-refractivity contribution in [3.8, 4) is 0 Å². The molecule has 0 aromatic rings. The molecule has 0 aromatic heterocycles. The van der Waals surface area contributed by atoms with Gasteiger partial charge in [0.1, 0.15) is 0 Å². The fraction of sp³-hybridized carbons (Fsp3) is 0.875. The molecule has 0 aliphatic rings. The second-order valence-electron chi connectivity index (χ2n) is 3.49. The normalized spacial score (nSPS) is 12.2. The van der Waals surface area contributed by atoms with Crippen molar-refractivity contribution >= 4 is 5.91 Å². The van der Waals surface area contributed by atoms with Gasteiger partial charge in [-0.05, 0) is 17.9 Å². The standard InChI is InChI=1S/C8H17N5O/c1-6(2)5-7(8(9)14)11-3-4-12-13-10/h6-7,11H,3-5H2,1-2H3,(H2,9,14). The summed E-state index contributed by atoms with van der Waals surface area (Å²) in [7, 11) is 0. The van der Waals surface area contributed by atoms with Crippen LogP contribution in [0.5, 0.6) is 0 Å². The number of rotatable bonds is 7. The molecule has 0 fully saturated rings. The van der Waals surface area contributed by atoms with E-state index in [1.165, 1.54) is 0 Å². The zero-order valence-corrected chi connectivity index (χ0v) is 8.60. The van der Waals surface area contributed by atoms with Gasteiger partial charge in [0.25, 0.3) is 0 Å². The fourth-order valence-corrected chi connectivity index (χ4v) is 1.10. The van der Waals surface area contributed by atoms with Crippen LogP contribution in [-0.2, 0) is 4.79 Å². The summed E-state index contributed by atoms with van der Waals surface area (Å²) in [6.45, 7) is 4.85. The van der Waals surface area contributed by atoms with E-state index in [1.54, 1.807) is 0 Å². The maximum Gasteiger partial charge on any atom is 0.234 e. The van der Waals surface area contributed by atoms with E-state index in [9.17, 15) is 4.79 Å². The molecule has 80 valence electrons. The third-order valence-corrected chi connectivity index (χ3v) is 1.72. The van der Waals surface area contributed by atoms with E-state index in [4.69, 9.17) is 11.3 Å². The first-order valence-electron chi connectivity index (χ1n) is 4.61. The van der Waals surface area contributed by atoms with E-state index in [0.717, 1.165) is 0 Å². The number of nitrogens with zero attached hydrogens (tertiary/aromatic N) is 3. The Labute approximate surface area is 83.5 Å². The van der Waals surface area contributed by atoms with Crippen LogP contribution in [0.1, 0.15) is 20.3 Å². The predicted molar refractivity (Wildman–Crippen MR) is 54.5 cm³/mol. The van der Waals surface area contributed by atoms with Gasteiger partial charge >= 0.3 is 0 Å². The van der Waals surface area contributed by atoms with Crippen LogP contribution in [0.15, 0.2) is 5.11 Å². The molecule has 0 heterocycles. The molecule has 14 heavy (non-hydrogen) atoms. The van der Waals surface area contributed by atoms with Gasteiger partial charge in [0.15, 0.2) is 0 Å². The molecule has 0 saturated heterocycles. The Bertz CT molecular complexity index is 222. The van der Waals surface area contributed by atoms with Crippen LogP contribution in [0, 0.1) is 5.92 Å². The maximum absolute atomic E-state index is 11.0. The lowest BCUT2D eigenvalue weighted by Crippen LogP contribution is -2.43. The summed E-state index contributed by atoms with van der Waals surface area (Å²) < 4.78 is 0. The van der Waals surface area contributed by atoms with Gasteiger partial charge in [-0.2, -0.15) is 0 Å². The van der Waals surface area contributed by atoms with Crippen molar-refractivity contribution in [2.45, 2.75) is 26.3 Å². The summed E-state index contributed by atoms with van der Waals surface area (Å²) in [6.07, 6.45) is 0.700. The molecular formula is C8H17N5O. The number of nitrogens with two attached hydrogens (primary N) is 1. The van der Waals surface area contributed by atoms with Gasteiger partial charge in [-0.15, -0.1) is 0 Å². The van der Waals surface area contributed by atoms with E-state index in [2.05, 4.69) is 15.3 Å². The van der Waals surface area contributed by atoms with Crippen molar-refractivity contribution < 1.29 is 4.79 Å². The Morgan fingerprint density at radius 1 is 1.64 bits per heavy atom. The number of carbonyl (C=O) groups excluding carboxylic acids is 1. The van der Waals surface area contributed by atoms with Crippen molar-refractivity contribution in [3.63, 3.8) is 0 Å². The molecule has 1 atom stereocenters. The largest absolute Gasteiger partial charge is 0.368 e. The molecule has 0 aromatic carbocycles. The highest BCUT2D eigenvalue weighted by molar-refractivity contribution is 5.79. The zero-order valence-electron chi connectivity index (χ0n) is 8.60. The minimum Gasteiger partial charge on any atom is -0.368 e. The predicted octanol–water partition coefficient (Wildman–Crippen LogP) is 0.786.